The first-order valence-electron chi connectivity index (χ1n) is 16.4. The molecule has 0 saturated heterocycles. The summed E-state index contributed by atoms with van der Waals surface area (Å²) in [6.45, 7) is 8.00. The van der Waals surface area contributed by atoms with E-state index in [0.29, 0.717) is 30.5 Å². The smallest absolute Gasteiger partial charge is 0 e. The second-order valence-corrected chi connectivity index (χ2v) is 15.6. The number of amidine groups is 4. The third-order valence-corrected chi connectivity index (χ3v) is 13.8. The number of aromatic nitrogens is 2. The molecule has 264 valence electrons. The van der Waals surface area contributed by atoms with Gasteiger partial charge in [-0.15, -0.1) is 0 Å². The summed E-state index contributed by atoms with van der Waals surface area (Å²) in [5, 5.41) is 4.19. The van der Waals surface area contributed by atoms with Crippen molar-refractivity contribution in [3.05, 3.63) is 138 Å². The van der Waals surface area contributed by atoms with E-state index in [9.17, 15) is 4.39 Å². The van der Waals surface area contributed by atoms with Gasteiger partial charge >= 0.3 is 245 Å². The van der Waals surface area contributed by atoms with Gasteiger partial charge in [0.15, 0.2) is 0 Å². The third-order valence-electron chi connectivity index (χ3n) is 8.57. The predicted molar refractivity (Wildman–Crippen MR) is 210 cm³/mol. The Morgan fingerprint density at radius 1 is 0.451 bits per heavy atom. The van der Waals surface area contributed by atoms with Gasteiger partial charge in [-0.05, 0) is 0 Å². The van der Waals surface area contributed by atoms with Crippen molar-refractivity contribution in [3.63, 3.8) is 0 Å². The predicted octanol–water partition coefficient (Wildman–Crippen LogP) is 8.78. The maximum Gasteiger partial charge on any atom is 0 e. The van der Waals surface area contributed by atoms with E-state index in [4.69, 9.17) is 30.0 Å². The van der Waals surface area contributed by atoms with Crippen molar-refractivity contribution in [1.29, 1.82) is 0 Å². The molecule has 10 rings (SSSR count). The molecule has 0 amide bonds. The Kier molecular flexibility index (Phi) is 11.2. The molecule has 6 heterocycles. The molecule has 11 heteroatoms. The zero-order valence-electron chi connectivity index (χ0n) is 29.1. The molecule has 0 unspecified atom stereocenters. The largest absolute Gasteiger partial charge is 0 e. The zero-order chi connectivity index (χ0) is 33.5. The number of hydrogen-bond acceptors (Lipinski definition) is 6. The van der Waals surface area contributed by atoms with Crippen LogP contribution in [-0.2, 0) is 0 Å². The van der Waals surface area contributed by atoms with Crippen LogP contribution in [0.25, 0.3) is 21.5 Å². The Morgan fingerprint density at radius 3 is 1.10 bits per heavy atom. The van der Waals surface area contributed by atoms with Gasteiger partial charge in [0.2, 0.25) is 0 Å². The van der Waals surface area contributed by atoms with E-state index in [1.807, 2.05) is 52.0 Å². The zero-order valence-corrected chi connectivity index (χ0v) is 33.9. The average Bonchev–Trinajstić information content (AvgIpc) is 3.87. The number of hydrogen-bond donors (Lipinski definition) is 0. The summed E-state index contributed by atoms with van der Waals surface area (Å²) in [4.78, 5) is 31.4. The van der Waals surface area contributed by atoms with Crippen LogP contribution < -0.4 is 11.0 Å². The number of fused-ring (bicyclic) bond motifs is 14. The topological polar surface area (TPSA) is 84.0 Å². The van der Waals surface area contributed by atoms with Gasteiger partial charge in [0.1, 0.15) is 0 Å². The molecular weight excluding hydrogens is 938 g/mol. The van der Waals surface area contributed by atoms with Crippen LogP contribution in [-0.4, -0.2) is 53.8 Å². The first-order valence-corrected chi connectivity index (χ1v) is 20.9. The van der Waals surface area contributed by atoms with Gasteiger partial charge in [-0.25, -0.2) is 0 Å². The van der Waals surface area contributed by atoms with Gasteiger partial charge < -0.3 is 7.43 Å². The van der Waals surface area contributed by atoms with Crippen molar-refractivity contribution < 1.29 is 4.39 Å². The summed E-state index contributed by atoms with van der Waals surface area (Å²) in [7, 11) is 0.500. The summed E-state index contributed by atoms with van der Waals surface area (Å²) in [5.41, 5.74) is 8.04. The van der Waals surface area contributed by atoms with E-state index in [2.05, 4.69) is 84.8 Å². The average molecular weight is 980 g/mol. The SMILES string of the molecule is C.CC.CC.CF.[CH3-].[CH3][Ga]1[n]2c3c4ccccc4c2N=C2N=C(N=c4c5ccccc5c([n]41)=NC1=NC(=N3)c3ccccc31)c1ccccc12.[Fm]. The number of halogens is 1. The van der Waals surface area contributed by atoms with Crippen LogP contribution in [0, 0.1) is 7.43 Å². The van der Waals surface area contributed by atoms with Crippen LogP contribution in [0.5, 0.6) is 0 Å². The minimum absolute atomic E-state index is 0. The summed E-state index contributed by atoms with van der Waals surface area (Å²) in [6.07, 6.45) is 0. The first-order chi connectivity index (χ1) is 23.7. The van der Waals surface area contributed by atoms with E-state index in [0.717, 1.165) is 66.4 Å². The number of rotatable bonds is 0. The number of benzene rings is 4. The summed E-state index contributed by atoms with van der Waals surface area (Å²) < 4.78 is 14.3. The maximum absolute atomic E-state index is 9.50. The third kappa shape index (κ3) is 5.52. The minimum atomic E-state index is -2.85. The Labute approximate surface area is 298 Å². The van der Waals surface area contributed by atoms with Gasteiger partial charge in [0.05, 0.1) is 7.18 Å². The maximum atomic E-state index is 9.50. The first kappa shape index (κ1) is 37.6. The molecule has 0 N–H and O–H groups in total. The standard InChI is InChI=1S/C32H16N8.2C2H6.CH3F.CH4.2CH3.Fm.Ga/c1-2-10-18-17(9-1)25-33-26(18)38-28-21-13-5-6-14-22(21)30(35-28)40-32-24-16-8-7-15-23(24)31(36-32)39-29-20-12-4-3-11-19(20)27(34-29)37-25;3*1-2;;;;;/h1-16H;2*1-2H3;1H3;1H4;2*1H3;;/q-2;;;;;;-1;;+2. The second-order valence-electron chi connectivity index (χ2n) is 10.8. The van der Waals surface area contributed by atoms with Crippen molar-refractivity contribution in [1.82, 2.24) is 6.55 Å². The summed E-state index contributed by atoms with van der Waals surface area (Å²) >= 11 is -2.85. The van der Waals surface area contributed by atoms with Crippen molar-refractivity contribution in [2.45, 2.75) is 40.6 Å². The molecule has 8 nitrogen and oxygen atoms in total. The molecule has 4 aromatic carbocycles. The molecule has 4 aliphatic rings. The number of nitrogens with zero attached hydrogens (tertiary/aromatic N) is 8. The van der Waals surface area contributed by atoms with Crippen LogP contribution in [0.15, 0.2) is 127 Å². The Hall–Kier alpha value is -6.19. The molecule has 2 aromatic heterocycles. The van der Waals surface area contributed by atoms with Crippen molar-refractivity contribution in [2.75, 3.05) is 7.18 Å². The monoisotopic (exact) mass is 978 g/mol. The Morgan fingerprint density at radius 2 is 0.745 bits per heavy atom. The fourth-order valence-corrected chi connectivity index (χ4v) is 11.8. The molecular formula is C40H41FFmGaN8-. The van der Waals surface area contributed by atoms with E-state index in [1.54, 1.807) is 0 Å². The van der Waals surface area contributed by atoms with Crippen LogP contribution in [0.3, 0.4) is 0 Å². The van der Waals surface area contributed by atoms with Crippen LogP contribution in [0.1, 0.15) is 57.4 Å². The number of alkyl halides is 1. The molecule has 51 heavy (non-hydrogen) atoms. The molecule has 4 aliphatic heterocycles. The molecule has 6 aromatic rings. The molecule has 6 bridgehead atoms. The van der Waals surface area contributed by atoms with Gasteiger partial charge in [-0.1, -0.05) is 35.1 Å². The summed E-state index contributed by atoms with van der Waals surface area (Å²) in [5.74, 6) is 4.46. The molecule has 0 fully saturated rings. The van der Waals surface area contributed by atoms with Gasteiger partial charge in [0.25, 0.3) is 0 Å². The molecule has 0 atom stereocenters. The molecule has 0 radical (unpaired) electrons. The van der Waals surface area contributed by atoms with Crippen molar-refractivity contribution in [2.24, 2.45) is 30.0 Å². The van der Waals surface area contributed by atoms with Crippen LogP contribution in [0.2, 0.25) is 5.48 Å². The van der Waals surface area contributed by atoms with Crippen molar-refractivity contribution >= 4 is 73.2 Å². The van der Waals surface area contributed by atoms with E-state index in [1.165, 1.54) is 0 Å². The second kappa shape index (κ2) is 15.1. The fourth-order valence-electron chi connectivity index (χ4n) is 6.68. The fraction of sp³-hybridized carbons (Fsp3) is 0.175. The van der Waals surface area contributed by atoms with Gasteiger partial charge in [-0.2, -0.15) is 0 Å². The minimum Gasteiger partial charge on any atom is 0 e. The Balaban J connectivity index is 0.000000619. The van der Waals surface area contributed by atoms with Crippen LogP contribution in [0.4, 0.5) is 16.0 Å². The summed E-state index contributed by atoms with van der Waals surface area (Å²) in [6, 6.07) is 33.3. The quantitative estimate of drug-likeness (QED) is 0.108. The molecule has 0 saturated carbocycles. The van der Waals surface area contributed by atoms with Gasteiger partial charge in [-0.3, -0.25) is 4.39 Å². The molecule has 0 spiro atoms. The normalized spacial score (nSPS) is 13.3. The van der Waals surface area contributed by atoms with Gasteiger partial charge in [0, 0.05) is 0 Å². The van der Waals surface area contributed by atoms with E-state index < -0.39 is 16.7 Å². The number of aliphatic imine (C=N–C) groups is 4. The van der Waals surface area contributed by atoms with E-state index in [-0.39, 0.29) is 14.9 Å². The van der Waals surface area contributed by atoms with Crippen molar-refractivity contribution in [3.8, 4) is 0 Å². The molecule has 0 aliphatic carbocycles. The Bertz CT molecular complexity index is 2340. The van der Waals surface area contributed by atoms with E-state index >= 15 is 0 Å². The van der Waals surface area contributed by atoms with Crippen LogP contribution >= 0.6 is 0 Å².